The molecule has 92 valence electrons. The molecule has 15 heavy (non-hydrogen) atoms. The Kier molecular flexibility index (Phi) is 8.07. The van der Waals surface area contributed by atoms with Gasteiger partial charge in [-0.1, -0.05) is 27.7 Å². The van der Waals surface area contributed by atoms with E-state index in [1.54, 1.807) is 0 Å². The van der Waals surface area contributed by atoms with Gasteiger partial charge in [0.05, 0.1) is 0 Å². The summed E-state index contributed by atoms with van der Waals surface area (Å²) in [4.78, 5) is 0. The number of rotatable bonds is 8. The number of hydrogen-bond donors (Lipinski definition) is 2. The van der Waals surface area contributed by atoms with E-state index >= 15 is 0 Å². The normalized spacial score (nSPS) is 16.0. The molecule has 0 amide bonds. The molecule has 0 bridgehead atoms. The molecule has 0 aliphatic rings. The van der Waals surface area contributed by atoms with Crippen LogP contribution in [0.25, 0.3) is 0 Å². The van der Waals surface area contributed by atoms with Crippen LogP contribution in [-0.4, -0.2) is 25.2 Å². The second-order valence-corrected chi connectivity index (χ2v) is 5.64. The van der Waals surface area contributed by atoms with Gasteiger partial charge in [0.15, 0.2) is 0 Å². The highest BCUT2D eigenvalue weighted by molar-refractivity contribution is 4.70. The highest BCUT2D eigenvalue weighted by Crippen LogP contribution is 2.00. The average molecular weight is 214 g/mol. The highest BCUT2D eigenvalue weighted by Gasteiger charge is 2.08. The summed E-state index contributed by atoms with van der Waals surface area (Å²) in [5, 5.41) is 7.12. The molecular formula is C13H30N2. The summed E-state index contributed by atoms with van der Waals surface area (Å²) in [5.74, 6) is 1.48. The Balaban J connectivity index is 3.52. The van der Waals surface area contributed by atoms with E-state index in [1.807, 2.05) is 0 Å². The third kappa shape index (κ3) is 10.2. The molecule has 0 radical (unpaired) electrons. The van der Waals surface area contributed by atoms with Crippen molar-refractivity contribution < 1.29 is 0 Å². The van der Waals surface area contributed by atoms with E-state index < -0.39 is 0 Å². The summed E-state index contributed by atoms with van der Waals surface area (Å²) in [5.41, 5.74) is 0. The van der Waals surface area contributed by atoms with Crippen LogP contribution < -0.4 is 10.6 Å². The van der Waals surface area contributed by atoms with Crippen LogP contribution in [0.15, 0.2) is 0 Å². The first-order chi connectivity index (χ1) is 6.91. The van der Waals surface area contributed by atoms with E-state index in [4.69, 9.17) is 0 Å². The third-order valence-corrected chi connectivity index (χ3v) is 2.46. The Labute approximate surface area is 96.2 Å². The first kappa shape index (κ1) is 14.9. The standard InChI is InChI=1S/C13H30N2/c1-10(2)8-14-12(5)7-13(6)15-9-11(3)4/h10-15H,7-9H2,1-6H3. The van der Waals surface area contributed by atoms with Crippen LogP contribution >= 0.6 is 0 Å². The maximum Gasteiger partial charge on any atom is 0.00535 e. The van der Waals surface area contributed by atoms with Crippen LogP contribution in [0.3, 0.4) is 0 Å². The fourth-order valence-electron chi connectivity index (χ4n) is 1.57. The van der Waals surface area contributed by atoms with Crippen LogP contribution in [0.4, 0.5) is 0 Å². The molecule has 0 heterocycles. The predicted octanol–water partition coefficient (Wildman–Crippen LogP) is 2.64. The summed E-state index contributed by atoms with van der Waals surface area (Å²) < 4.78 is 0. The van der Waals surface area contributed by atoms with Gasteiger partial charge in [0.1, 0.15) is 0 Å². The third-order valence-electron chi connectivity index (χ3n) is 2.46. The van der Waals surface area contributed by atoms with Crippen molar-refractivity contribution in [2.45, 2.75) is 60.0 Å². The molecule has 2 heteroatoms. The summed E-state index contributed by atoms with van der Waals surface area (Å²) >= 11 is 0. The Morgan fingerprint density at radius 2 is 1.00 bits per heavy atom. The molecule has 0 aromatic rings. The minimum absolute atomic E-state index is 0.613. The smallest absolute Gasteiger partial charge is 0.00535 e. The molecule has 0 aromatic heterocycles. The molecule has 2 atom stereocenters. The molecule has 0 fully saturated rings. The van der Waals surface area contributed by atoms with E-state index in [2.05, 4.69) is 52.2 Å². The van der Waals surface area contributed by atoms with Crippen LogP contribution in [0.2, 0.25) is 0 Å². The largest absolute Gasteiger partial charge is 0.314 e. The molecule has 0 aromatic carbocycles. The van der Waals surface area contributed by atoms with Crippen LogP contribution in [0, 0.1) is 11.8 Å². The Bertz CT molecular complexity index is 127. The summed E-state index contributed by atoms with van der Waals surface area (Å²) in [6.07, 6.45) is 1.21. The fourth-order valence-corrected chi connectivity index (χ4v) is 1.57. The first-order valence-electron chi connectivity index (χ1n) is 6.38. The quantitative estimate of drug-likeness (QED) is 0.649. The minimum atomic E-state index is 0.613. The molecule has 0 aliphatic carbocycles. The molecule has 0 saturated carbocycles. The number of hydrogen-bond acceptors (Lipinski definition) is 2. The Morgan fingerprint density at radius 1 is 0.667 bits per heavy atom. The highest BCUT2D eigenvalue weighted by atomic mass is 14.9. The van der Waals surface area contributed by atoms with Crippen molar-refractivity contribution in [2.75, 3.05) is 13.1 Å². The second-order valence-electron chi connectivity index (χ2n) is 5.64. The molecule has 2 N–H and O–H groups in total. The zero-order valence-corrected chi connectivity index (χ0v) is 11.4. The molecule has 0 rings (SSSR count). The average Bonchev–Trinajstić information content (AvgIpc) is 2.11. The van der Waals surface area contributed by atoms with E-state index in [0.29, 0.717) is 12.1 Å². The monoisotopic (exact) mass is 214 g/mol. The summed E-state index contributed by atoms with van der Waals surface area (Å²) in [6, 6.07) is 1.23. The lowest BCUT2D eigenvalue weighted by Crippen LogP contribution is -2.38. The van der Waals surface area contributed by atoms with Crippen LogP contribution in [-0.2, 0) is 0 Å². The van der Waals surface area contributed by atoms with Crippen LogP contribution in [0.1, 0.15) is 48.0 Å². The molecule has 0 spiro atoms. The zero-order valence-electron chi connectivity index (χ0n) is 11.4. The van der Waals surface area contributed by atoms with E-state index in [1.165, 1.54) is 6.42 Å². The lowest BCUT2D eigenvalue weighted by molar-refractivity contribution is 0.393. The van der Waals surface area contributed by atoms with Crippen LogP contribution in [0.5, 0.6) is 0 Å². The van der Waals surface area contributed by atoms with Gasteiger partial charge >= 0.3 is 0 Å². The topological polar surface area (TPSA) is 24.1 Å². The predicted molar refractivity (Wildman–Crippen MR) is 69.2 cm³/mol. The molecular weight excluding hydrogens is 184 g/mol. The second kappa shape index (κ2) is 8.12. The zero-order chi connectivity index (χ0) is 11.8. The van der Waals surface area contributed by atoms with Crippen molar-refractivity contribution in [2.24, 2.45) is 11.8 Å². The van der Waals surface area contributed by atoms with E-state index in [9.17, 15) is 0 Å². The Hall–Kier alpha value is -0.0800. The lowest BCUT2D eigenvalue weighted by atomic mass is 10.1. The maximum absolute atomic E-state index is 3.56. The fraction of sp³-hybridized carbons (Fsp3) is 1.00. The van der Waals surface area contributed by atoms with Crippen molar-refractivity contribution >= 4 is 0 Å². The van der Waals surface area contributed by atoms with E-state index in [0.717, 1.165) is 24.9 Å². The van der Waals surface area contributed by atoms with Gasteiger partial charge in [-0.15, -0.1) is 0 Å². The number of nitrogens with one attached hydrogen (secondary N) is 2. The molecule has 2 unspecified atom stereocenters. The van der Waals surface area contributed by atoms with Crippen molar-refractivity contribution in [1.29, 1.82) is 0 Å². The van der Waals surface area contributed by atoms with Gasteiger partial charge < -0.3 is 10.6 Å². The molecule has 2 nitrogen and oxygen atoms in total. The van der Waals surface area contributed by atoms with Gasteiger partial charge in [-0.3, -0.25) is 0 Å². The lowest BCUT2D eigenvalue weighted by Gasteiger charge is -2.21. The van der Waals surface area contributed by atoms with Gasteiger partial charge in [-0.2, -0.15) is 0 Å². The van der Waals surface area contributed by atoms with Gasteiger partial charge in [-0.05, 0) is 45.2 Å². The minimum Gasteiger partial charge on any atom is -0.314 e. The van der Waals surface area contributed by atoms with Crippen molar-refractivity contribution in [1.82, 2.24) is 10.6 Å². The molecule has 0 aliphatic heterocycles. The Morgan fingerprint density at radius 3 is 1.27 bits per heavy atom. The summed E-state index contributed by atoms with van der Waals surface area (Å²) in [6.45, 7) is 15.8. The van der Waals surface area contributed by atoms with Gasteiger partial charge in [0.25, 0.3) is 0 Å². The van der Waals surface area contributed by atoms with Crippen molar-refractivity contribution in [3.05, 3.63) is 0 Å². The van der Waals surface area contributed by atoms with E-state index in [-0.39, 0.29) is 0 Å². The maximum atomic E-state index is 3.56. The molecule has 0 saturated heterocycles. The SMILES string of the molecule is CC(C)CNC(C)CC(C)NCC(C)C. The van der Waals surface area contributed by atoms with Crippen molar-refractivity contribution in [3.8, 4) is 0 Å². The van der Waals surface area contributed by atoms with Gasteiger partial charge in [-0.25, -0.2) is 0 Å². The van der Waals surface area contributed by atoms with Gasteiger partial charge in [0, 0.05) is 12.1 Å². The first-order valence-corrected chi connectivity index (χ1v) is 6.38. The summed E-state index contributed by atoms with van der Waals surface area (Å²) in [7, 11) is 0. The van der Waals surface area contributed by atoms with Crippen molar-refractivity contribution in [3.63, 3.8) is 0 Å². The van der Waals surface area contributed by atoms with Gasteiger partial charge in [0.2, 0.25) is 0 Å².